The maximum Gasteiger partial charge on any atom is 0.264 e. The minimum atomic E-state index is -3.78. The summed E-state index contributed by atoms with van der Waals surface area (Å²) < 4.78 is 36.6. The molecule has 1 saturated heterocycles. The number of aryl methyl sites for hydroxylation is 2. The van der Waals surface area contributed by atoms with Crippen molar-refractivity contribution in [3.8, 4) is 0 Å². The highest BCUT2D eigenvalue weighted by molar-refractivity contribution is 7.92. The fourth-order valence-corrected chi connectivity index (χ4v) is 3.98. The number of nitrogens with zero attached hydrogens (tertiary/aromatic N) is 5. The average molecular weight is 362 g/mol. The quantitative estimate of drug-likeness (QED) is 0.751. The molecule has 1 N–H and O–H groups in total. The van der Waals surface area contributed by atoms with E-state index in [0.29, 0.717) is 23.5 Å². The Morgan fingerprint density at radius 1 is 1.24 bits per heavy atom. The van der Waals surface area contributed by atoms with E-state index in [4.69, 9.17) is 4.74 Å². The second-order valence-corrected chi connectivity index (χ2v) is 7.72. The van der Waals surface area contributed by atoms with Gasteiger partial charge in [-0.05, 0) is 18.9 Å². The molecule has 0 bridgehead atoms. The van der Waals surface area contributed by atoms with E-state index in [1.54, 1.807) is 37.1 Å². The highest BCUT2D eigenvalue weighted by Crippen LogP contribution is 2.29. The third-order valence-electron chi connectivity index (χ3n) is 4.25. The van der Waals surface area contributed by atoms with E-state index in [1.165, 1.54) is 10.9 Å². The molecule has 0 amide bonds. The van der Waals surface area contributed by atoms with Gasteiger partial charge in [-0.15, -0.1) is 0 Å². The molecule has 1 aliphatic rings. The van der Waals surface area contributed by atoms with Gasteiger partial charge in [0.25, 0.3) is 10.0 Å². The number of rotatable bonds is 4. The molecule has 0 saturated carbocycles. The van der Waals surface area contributed by atoms with Crippen molar-refractivity contribution in [1.82, 2.24) is 24.5 Å². The summed E-state index contributed by atoms with van der Waals surface area (Å²) in [4.78, 5) is 4.25. The van der Waals surface area contributed by atoms with Crippen LogP contribution in [0.5, 0.6) is 0 Å². The topological polar surface area (TPSA) is 104 Å². The van der Waals surface area contributed by atoms with Crippen LogP contribution in [0.15, 0.2) is 29.4 Å². The first-order valence-corrected chi connectivity index (χ1v) is 9.38. The molecule has 132 valence electrons. The van der Waals surface area contributed by atoms with Gasteiger partial charge in [0.2, 0.25) is 0 Å². The highest BCUT2D eigenvalue weighted by Gasteiger charge is 2.24. The zero-order chi connectivity index (χ0) is 17.6. The number of pyridine rings is 1. The van der Waals surface area contributed by atoms with Crippen LogP contribution in [0.2, 0.25) is 0 Å². The molecular formula is C15H18N6O3S. The van der Waals surface area contributed by atoms with Crippen molar-refractivity contribution in [2.24, 2.45) is 14.1 Å². The van der Waals surface area contributed by atoms with Gasteiger partial charge in [-0.25, -0.2) is 13.4 Å². The Morgan fingerprint density at radius 2 is 2.08 bits per heavy atom. The van der Waals surface area contributed by atoms with Crippen LogP contribution in [-0.4, -0.2) is 39.6 Å². The van der Waals surface area contributed by atoms with Gasteiger partial charge in [0.15, 0.2) is 5.65 Å². The number of ether oxygens (including phenoxy) is 1. The second-order valence-electron chi connectivity index (χ2n) is 6.04. The SMILES string of the molecule is Cn1nc(C2CCCO2)cc1NS(=O)(=O)c1cnc2c(cnn2C)c1. The van der Waals surface area contributed by atoms with Crippen LogP contribution < -0.4 is 4.72 Å². The molecule has 1 atom stereocenters. The third-order valence-corrected chi connectivity index (χ3v) is 5.58. The lowest BCUT2D eigenvalue weighted by molar-refractivity contribution is 0.108. The monoisotopic (exact) mass is 362 g/mol. The summed E-state index contributed by atoms with van der Waals surface area (Å²) in [7, 11) is -0.332. The average Bonchev–Trinajstić information content (AvgIpc) is 3.29. The van der Waals surface area contributed by atoms with Crippen LogP contribution in [0.1, 0.15) is 24.6 Å². The van der Waals surface area contributed by atoms with E-state index in [0.717, 1.165) is 18.5 Å². The molecule has 0 spiro atoms. The standard InChI is InChI=1S/C15H18N6O3S/c1-20-14(7-12(18-20)13-4-3-5-24-13)19-25(22,23)11-6-10-8-17-21(2)15(10)16-9-11/h6-9,13,19H,3-5H2,1-2H3. The summed E-state index contributed by atoms with van der Waals surface area (Å²) in [6.45, 7) is 0.707. The summed E-state index contributed by atoms with van der Waals surface area (Å²) in [6, 6.07) is 3.26. The van der Waals surface area contributed by atoms with Crippen LogP contribution in [0.4, 0.5) is 5.82 Å². The Balaban J connectivity index is 1.64. The van der Waals surface area contributed by atoms with Crippen molar-refractivity contribution in [3.63, 3.8) is 0 Å². The lowest BCUT2D eigenvalue weighted by atomic mass is 10.2. The van der Waals surface area contributed by atoms with Crippen molar-refractivity contribution >= 4 is 26.9 Å². The summed E-state index contributed by atoms with van der Waals surface area (Å²) in [5.41, 5.74) is 1.36. The Bertz CT molecular complexity index is 1030. The zero-order valence-electron chi connectivity index (χ0n) is 13.9. The smallest absolute Gasteiger partial charge is 0.264 e. The van der Waals surface area contributed by atoms with Crippen molar-refractivity contribution in [1.29, 1.82) is 0 Å². The molecule has 1 fully saturated rings. The van der Waals surface area contributed by atoms with E-state index in [-0.39, 0.29) is 11.0 Å². The van der Waals surface area contributed by atoms with Crippen LogP contribution in [-0.2, 0) is 28.9 Å². The molecule has 0 aliphatic carbocycles. The molecule has 0 radical (unpaired) electrons. The molecular weight excluding hydrogens is 344 g/mol. The lowest BCUT2D eigenvalue weighted by Gasteiger charge is -2.07. The molecule has 1 unspecified atom stereocenters. The van der Waals surface area contributed by atoms with Gasteiger partial charge in [0.05, 0.1) is 11.9 Å². The maximum atomic E-state index is 12.7. The van der Waals surface area contributed by atoms with E-state index in [2.05, 4.69) is 19.9 Å². The Morgan fingerprint density at radius 3 is 2.84 bits per heavy atom. The van der Waals surface area contributed by atoms with Gasteiger partial charge < -0.3 is 4.74 Å². The largest absolute Gasteiger partial charge is 0.372 e. The number of hydrogen-bond acceptors (Lipinski definition) is 6. The predicted octanol–water partition coefficient (Wildman–Crippen LogP) is 1.35. The van der Waals surface area contributed by atoms with Gasteiger partial charge in [-0.1, -0.05) is 0 Å². The zero-order valence-corrected chi connectivity index (χ0v) is 14.7. The van der Waals surface area contributed by atoms with Crippen molar-refractivity contribution in [2.75, 3.05) is 11.3 Å². The minimum Gasteiger partial charge on any atom is -0.372 e. The fourth-order valence-electron chi connectivity index (χ4n) is 2.92. The van der Waals surface area contributed by atoms with Crippen LogP contribution in [0.25, 0.3) is 11.0 Å². The molecule has 4 heterocycles. The Labute approximate surface area is 144 Å². The highest BCUT2D eigenvalue weighted by atomic mass is 32.2. The van der Waals surface area contributed by atoms with Crippen LogP contribution in [0.3, 0.4) is 0 Å². The van der Waals surface area contributed by atoms with E-state index >= 15 is 0 Å². The van der Waals surface area contributed by atoms with E-state index < -0.39 is 10.0 Å². The molecule has 10 heteroatoms. The lowest BCUT2D eigenvalue weighted by Crippen LogP contribution is -2.15. The number of nitrogens with one attached hydrogen (secondary N) is 1. The normalized spacial score (nSPS) is 18.1. The molecule has 4 rings (SSSR count). The number of anilines is 1. The molecule has 3 aromatic rings. The van der Waals surface area contributed by atoms with Gasteiger partial charge in [-0.2, -0.15) is 10.2 Å². The third kappa shape index (κ3) is 2.87. The molecule has 9 nitrogen and oxygen atoms in total. The number of fused-ring (bicyclic) bond motifs is 1. The maximum absolute atomic E-state index is 12.7. The molecule has 25 heavy (non-hydrogen) atoms. The van der Waals surface area contributed by atoms with Crippen molar-refractivity contribution in [3.05, 3.63) is 30.2 Å². The summed E-state index contributed by atoms with van der Waals surface area (Å²) in [5.74, 6) is 0.386. The van der Waals surface area contributed by atoms with Gasteiger partial charge >= 0.3 is 0 Å². The number of aromatic nitrogens is 5. The first-order valence-electron chi connectivity index (χ1n) is 7.90. The minimum absolute atomic E-state index is 0.0714. The first-order chi connectivity index (χ1) is 11.9. The summed E-state index contributed by atoms with van der Waals surface area (Å²) in [6.07, 6.45) is 4.71. The summed E-state index contributed by atoms with van der Waals surface area (Å²) in [5, 5.41) is 9.10. The number of hydrogen-bond donors (Lipinski definition) is 1. The fraction of sp³-hybridized carbons (Fsp3) is 0.400. The van der Waals surface area contributed by atoms with Crippen LogP contribution >= 0.6 is 0 Å². The van der Waals surface area contributed by atoms with E-state index in [9.17, 15) is 8.42 Å². The molecule has 0 aromatic carbocycles. The van der Waals surface area contributed by atoms with Gasteiger partial charge in [-0.3, -0.25) is 14.1 Å². The van der Waals surface area contributed by atoms with Crippen molar-refractivity contribution in [2.45, 2.75) is 23.8 Å². The summed E-state index contributed by atoms with van der Waals surface area (Å²) >= 11 is 0. The Hall–Kier alpha value is -2.46. The van der Waals surface area contributed by atoms with E-state index in [1.807, 2.05) is 0 Å². The first kappa shape index (κ1) is 16.0. The molecule has 1 aliphatic heterocycles. The van der Waals surface area contributed by atoms with Gasteiger partial charge in [0, 0.05) is 38.4 Å². The molecule has 3 aromatic heterocycles. The predicted molar refractivity (Wildman–Crippen MR) is 90.5 cm³/mol. The second kappa shape index (κ2) is 5.81. The van der Waals surface area contributed by atoms with Gasteiger partial charge in [0.1, 0.15) is 16.8 Å². The Kier molecular flexibility index (Phi) is 3.73. The van der Waals surface area contributed by atoms with Crippen molar-refractivity contribution < 1.29 is 13.2 Å². The van der Waals surface area contributed by atoms with Crippen LogP contribution in [0, 0.1) is 0 Å². The number of sulfonamides is 1.